The van der Waals surface area contributed by atoms with Gasteiger partial charge in [0, 0.05) is 12.6 Å². The number of nitrogens with zero attached hydrogens (tertiary/aromatic N) is 1. The van der Waals surface area contributed by atoms with Crippen LogP contribution in [0.4, 0.5) is 0 Å². The van der Waals surface area contributed by atoms with Crippen LogP contribution in [-0.4, -0.2) is 35.7 Å². The van der Waals surface area contributed by atoms with Gasteiger partial charge in [0.1, 0.15) is 0 Å². The number of rotatable bonds is 2. The van der Waals surface area contributed by atoms with Gasteiger partial charge < -0.3 is 10.0 Å². The molecule has 0 bridgehead atoms. The highest BCUT2D eigenvalue weighted by molar-refractivity contribution is 4.90. The molecule has 3 atom stereocenters. The van der Waals surface area contributed by atoms with Crippen molar-refractivity contribution in [1.82, 2.24) is 4.90 Å². The van der Waals surface area contributed by atoms with Crippen LogP contribution in [0.1, 0.15) is 60.8 Å². The van der Waals surface area contributed by atoms with Gasteiger partial charge in [0.25, 0.3) is 0 Å². The molecule has 108 valence electrons. The summed E-state index contributed by atoms with van der Waals surface area (Å²) in [4.78, 5) is 2.38. The van der Waals surface area contributed by atoms with Crippen LogP contribution < -0.4 is 0 Å². The van der Waals surface area contributed by atoms with Gasteiger partial charge in [-0.25, -0.2) is 0 Å². The second kappa shape index (κ2) is 5.50. The van der Waals surface area contributed by atoms with Crippen LogP contribution in [0.2, 0.25) is 0 Å². The number of hydrogen-bond acceptors (Lipinski definition) is 2. The van der Waals surface area contributed by atoms with Crippen molar-refractivity contribution in [3.05, 3.63) is 0 Å². The topological polar surface area (TPSA) is 23.5 Å². The first-order valence-electron chi connectivity index (χ1n) is 7.39. The summed E-state index contributed by atoms with van der Waals surface area (Å²) in [5.74, 6) is 0.730. The van der Waals surface area contributed by atoms with Crippen molar-refractivity contribution in [3.63, 3.8) is 0 Å². The Bertz CT molecular complexity index is 261. The number of aliphatic hydroxyl groups excluding tert-OH is 1. The SMILES string of the molecule is CN(CC(C)(C)C)C1CC(C(C)(C)C)CCC1O. The molecule has 3 unspecified atom stereocenters. The van der Waals surface area contributed by atoms with Crippen molar-refractivity contribution in [2.24, 2.45) is 16.7 Å². The number of hydrogen-bond donors (Lipinski definition) is 1. The van der Waals surface area contributed by atoms with Gasteiger partial charge in [-0.1, -0.05) is 41.5 Å². The first-order valence-corrected chi connectivity index (χ1v) is 7.39. The van der Waals surface area contributed by atoms with E-state index in [-0.39, 0.29) is 6.10 Å². The Morgan fingerprint density at radius 1 is 1.06 bits per heavy atom. The molecule has 2 nitrogen and oxygen atoms in total. The van der Waals surface area contributed by atoms with Crippen molar-refractivity contribution in [1.29, 1.82) is 0 Å². The van der Waals surface area contributed by atoms with E-state index in [0.29, 0.717) is 16.9 Å². The van der Waals surface area contributed by atoms with Gasteiger partial charge in [0.2, 0.25) is 0 Å². The number of likely N-dealkylation sites (N-methyl/N-ethyl adjacent to an activating group) is 1. The molecule has 0 saturated heterocycles. The van der Waals surface area contributed by atoms with Crippen molar-refractivity contribution in [3.8, 4) is 0 Å². The van der Waals surface area contributed by atoms with Crippen LogP contribution in [0, 0.1) is 16.7 Å². The minimum Gasteiger partial charge on any atom is -0.391 e. The highest BCUT2D eigenvalue weighted by Gasteiger charge is 2.37. The lowest BCUT2D eigenvalue weighted by molar-refractivity contribution is -0.0165. The lowest BCUT2D eigenvalue weighted by Crippen LogP contribution is -2.49. The van der Waals surface area contributed by atoms with E-state index in [1.807, 2.05) is 0 Å². The molecule has 1 N–H and O–H groups in total. The molecule has 0 aromatic heterocycles. The third-order valence-electron chi connectivity index (χ3n) is 4.30. The average molecular weight is 255 g/mol. The second-order valence-corrected chi connectivity index (χ2v) is 8.49. The Balaban J connectivity index is 2.68. The van der Waals surface area contributed by atoms with Crippen LogP contribution in [0.15, 0.2) is 0 Å². The van der Waals surface area contributed by atoms with Gasteiger partial charge in [-0.3, -0.25) is 0 Å². The van der Waals surface area contributed by atoms with E-state index >= 15 is 0 Å². The zero-order chi connectivity index (χ0) is 14.1. The second-order valence-electron chi connectivity index (χ2n) is 8.49. The van der Waals surface area contributed by atoms with Crippen LogP contribution in [0.25, 0.3) is 0 Å². The van der Waals surface area contributed by atoms with E-state index in [1.54, 1.807) is 0 Å². The fourth-order valence-electron chi connectivity index (χ4n) is 3.26. The Morgan fingerprint density at radius 3 is 2.06 bits per heavy atom. The van der Waals surface area contributed by atoms with E-state index in [4.69, 9.17) is 0 Å². The molecule has 2 heteroatoms. The summed E-state index contributed by atoms with van der Waals surface area (Å²) in [7, 11) is 2.17. The molecule has 0 heterocycles. The monoisotopic (exact) mass is 255 g/mol. The summed E-state index contributed by atoms with van der Waals surface area (Å²) in [6.45, 7) is 14.8. The predicted octanol–water partition coefficient (Wildman–Crippen LogP) is 3.54. The largest absolute Gasteiger partial charge is 0.391 e. The normalized spacial score (nSPS) is 30.8. The van der Waals surface area contributed by atoms with Crippen LogP contribution >= 0.6 is 0 Å². The minimum atomic E-state index is -0.143. The van der Waals surface area contributed by atoms with Gasteiger partial charge in [-0.05, 0) is 43.1 Å². The first-order chi connectivity index (χ1) is 8.00. The maximum Gasteiger partial charge on any atom is 0.0695 e. The van der Waals surface area contributed by atoms with E-state index in [9.17, 15) is 5.11 Å². The van der Waals surface area contributed by atoms with Crippen molar-refractivity contribution >= 4 is 0 Å². The Kier molecular flexibility index (Phi) is 4.88. The fourth-order valence-corrected chi connectivity index (χ4v) is 3.26. The molecule has 18 heavy (non-hydrogen) atoms. The smallest absolute Gasteiger partial charge is 0.0695 e. The summed E-state index contributed by atoms with van der Waals surface area (Å²) < 4.78 is 0. The molecule has 1 aliphatic rings. The molecule has 0 amide bonds. The average Bonchev–Trinajstić information content (AvgIpc) is 2.13. The third-order valence-corrected chi connectivity index (χ3v) is 4.30. The standard InChI is InChI=1S/C16H33NO/c1-15(2,3)11-17(7)13-10-12(16(4,5)6)8-9-14(13)18/h12-14,18H,8-11H2,1-7H3. The minimum absolute atomic E-state index is 0.143. The van der Waals surface area contributed by atoms with Gasteiger partial charge in [-0.15, -0.1) is 0 Å². The molecular weight excluding hydrogens is 222 g/mol. The summed E-state index contributed by atoms with van der Waals surface area (Å²) in [5.41, 5.74) is 0.657. The molecule has 0 aromatic carbocycles. The Hall–Kier alpha value is -0.0800. The summed E-state index contributed by atoms with van der Waals surface area (Å²) in [6.07, 6.45) is 3.12. The molecule has 0 spiro atoms. The summed E-state index contributed by atoms with van der Waals surface area (Å²) in [5, 5.41) is 10.3. The van der Waals surface area contributed by atoms with E-state index in [1.165, 1.54) is 6.42 Å². The van der Waals surface area contributed by atoms with Crippen LogP contribution in [0.5, 0.6) is 0 Å². The molecule has 0 aromatic rings. The van der Waals surface area contributed by atoms with Crippen LogP contribution in [0.3, 0.4) is 0 Å². The lowest BCUT2D eigenvalue weighted by atomic mass is 9.70. The third kappa shape index (κ3) is 4.55. The van der Waals surface area contributed by atoms with Gasteiger partial charge in [0.05, 0.1) is 6.10 Å². The van der Waals surface area contributed by atoms with Crippen molar-refractivity contribution in [2.45, 2.75) is 73.0 Å². The Labute approximate surface area is 114 Å². The highest BCUT2D eigenvalue weighted by Crippen LogP contribution is 2.39. The van der Waals surface area contributed by atoms with Gasteiger partial charge in [-0.2, -0.15) is 0 Å². The maximum atomic E-state index is 10.3. The molecule has 1 aliphatic carbocycles. The predicted molar refractivity (Wildman–Crippen MR) is 78.7 cm³/mol. The van der Waals surface area contributed by atoms with Gasteiger partial charge >= 0.3 is 0 Å². The maximum absolute atomic E-state index is 10.3. The molecule has 1 fully saturated rings. The summed E-state index contributed by atoms with van der Waals surface area (Å²) >= 11 is 0. The molecule has 0 radical (unpaired) electrons. The van der Waals surface area contributed by atoms with Crippen molar-refractivity contribution in [2.75, 3.05) is 13.6 Å². The van der Waals surface area contributed by atoms with Crippen molar-refractivity contribution < 1.29 is 5.11 Å². The molecule has 1 rings (SSSR count). The first kappa shape index (κ1) is 16.0. The van der Waals surface area contributed by atoms with Crippen LogP contribution in [-0.2, 0) is 0 Å². The summed E-state index contributed by atoms with van der Waals surface area (Å²) in [6, 6.07) is 0.335. The fraction of sp³-hybridized carbons (Fsp3) is 1.00. The van der Waals surface area contributed by atoms with E-state index in [2.05, 4.69) is 53.5 Å². The highest BCUT2D eigenvalue weighted by atomic mass is 16.3. The lowest BCUT2D eigenvalue weighted by Gasteiger charge is -2.44. The molecule has 0 aliphatic heterocycles. The Morgan fingerprint density at radius 2 is 1.61 bits per heavy atom. The van der Waals surface area contributed by atoms with Gasteiger partial charge in [0.15, 0.2) is 0 Å². The number of aliphatic hydroxyl groups is 1. The van der Waals surface area contributed by atoms with E-state index < -0.39 is 0 Å². The molecular formula is C16H33NO. The zero-order valence-corrected chi connectivity index (χ0v) is 13.5. The zero-order valence-electron chi connectivity index (χ0n) is 13.5. The van der Waals surface area contributed by atoms with E-state index in [0.717, 1.165) is 25.3 Å². The molecule has 1 saturated carbocycles. The quantitative estimate of drug-likeness (QED) is 0.816.